The van der Waals surface area contributed by atoms with Crippen molar-refractivity contribution in [1.29, 1.82) is 0 Å². The summed E-state index contributed by atoms with van der Waals surface area (Å²) in [5.74, 6) is 0.296. The van der Waals surface area contributed by atoms with Crippen LogP contribution < -0.4 is 9.64 Å². The third kappa shape index (κ3) is 5.74. The van der Waals surface area contributed by atoms with Crippen molar-refractivity contribution in [2.24, 2.45) is 0 Å². The van der Waals surface area contributed by atoms with E-state index in [1.807, 2.05) is 0 Å². The van der Waals surface area contributed by atoms with E-state index in [0.717, 1.165) is 4.90 Å². The predicted molar refractivity (Wildman–Crippen MR) is 135 cm³/mol. The average Bonchev–Trinajstić information content (AvgIpc) is 3.18. The van der Waals surface area contributed by atoms with Crippen LogP contribution in [0.1, 0.15) is 35.4 Å². The van der Waals surface area contributed by atoms with Gasteiger partial charge in [-0.2, -0.15) is 26.3 Å². The molecule has 2 saturated heterocycles. The topological polar surface area (TPSA) is 80.7 Å². The number of amides is 1. The quantitative estimate of drug-likeness (QED) is 0.292. The monoisotopic (exact) mass is 619 g/mol. The van der Waals surface area contributed by atoms with Gasteiger partial charge in [0.15, 0.2) is 0 Å². The molecule has 2 unspecified atom stereocenters. The van der Waals surface area contributed by atoms with Gasteiger partial charge in [-0.1, -0.05) is 11.6 Å². The summed E-state index contributed by atoms with van der Waals surface area (Å²) in [6.45, 7) is 1.22. The van der Waals surface area contributed by atoms with Crippen LogP contribution in [-0.2, 0) is 23.6 Å². The van der Waals surface area contributed by atoms with E-state index in [1.165, 1.54) is 32.5 Å². The van der Waals surface area contributed by atoms with Crippen molar-refractivity contribution < 1.29 is 45.0 Å². The fourth-order valence-corrected chi connectivity index (χ4v) is 4.90. The molecular formula is C26H21ClF7N5O3. The molecular weight excluding hydrogens is 599 g/mol. The van der Waals surface area contributed by atoms with Crippen LogP contribution in [0, 0.1) is 0 Å². The molecule has 5 rings (SSSR count). The minimum Gasteiger partial charge on any atom is -0.481 e. The molecule has 2 aliphatic heterocycles. The predicted octanol–water partition coefficient (Wildman–Crippen LogP) is 6.48. The molecule has 8 nitrogen and oxygen atoms in total. The van der Waals surface area contributed by atoms with Gasteiger partial charge in [-0.25, -0.2) is 24.1 Å². The molecule has 0 bridgehead atoms. The normalized spacial score (nSPS) is 19.6. The van der Waals surface area contributed by atoms with Crippen molar-refractivity contribution in [2.75, 3.05) is 25.1 Å². The molecule has 16 heteroatoms. The molecule has 2 aromatic heterocycles. The maximum atomic E-state index is 13.5. The lowest BCUT2D eigenvalue weighted by Gasteiger charge is -2.34. The van der Waals surface area contributed by atoms with E-state index < -0.39 is 53.5 Å². The number of pyridine rings is 1. The highest BCUT2D eigenvalue weighted by atomic mass is 35.5. The van der Waals surface area contributed by atoms with Gasteiger partial charge < -0.3 is 14.4 Å². The summed E-state index contributed by atoms with van der Waals surface area (Å²) < 4.78 is 105. The zero-order chi connectivity index (χ0) is 30.6. The Morgan fingerprint density at radius 3 is 2.21 bits per heavy atom. The highest BCUT2D eigenvalue weighted by Gasteiger charge is 2.44. The van der Waals surface area contributed by atoms with Crippen LogP contribution in [0.2, 0.25) is 5.02 Å². The zero-order valence-electron chi connectivity index (χ0n) is 21.8. The summed E-state index contributed by atoms with van der Waals surface area (Å²) in [5.41, 5.74) is -2.66. The molecule has 4 heterocycles. The Labute approximate surface area is 239 Å². The molecule has 0 spiro atoms. The Balaban J connectivity index is 1.53. The first-order chi connectivity index (χ1) is 19.7. The number of anilines is 1. The van der Waals surface area contributed by atoms with Crippen LogP contribution in [0.25, 0.3) is 11.1 Å². The van der Waals surface area contributed by atoms with E-state index in [1.54, 1.807) is 4.90 Å². The van der Waals surface area contributed by atoms with E-state index in [4.69, 9.17) is 21.1 Å². The first kappa shape index (κ1) is 29.6. The van der Waals surface area contributed by atoms with Crippen molar-refractivity contribution in [3.05, 3.63) is 64.1 Å². The lowest BCUT2D eigenvalue weighted by molar-refractivity contribution is -0.143. The molecule has 1 amide bonds. The van der Waals surface area contributed by atoms with Crippen LogP contribution in [-0.4, -0.2) is 58.4 Å². The van der Waals surface area contributed by atoms with Crippen molar-refractivity contribution in [3.63, 3.8) is 0 Å². The first-order valence-electron chi connectivity index (χ1n) is 12.4. The number of methoxy groups -OCH3 is 1. The lowest BCUT2D eigenvalue weighted by Crippen LogP contribution is -2.49. The molecule has 2 atom stereocenters. The van der Waals surface area contributed by atoms with Crippen molar-refractivity contribution >= 4 is 23.6 Å². The van der Waals surface area contributed by atoms with Crippen molar-refractivity contribution in [2.45, 2.75) is 44.1 Å². The molecule has 1 aromatic carbocycles. The number of ether oxygens (including phenoxy) is 2. The smallest absolute Gasteiger partial charge is 0.416 e. The third-order valence-corrected chi connectivity index (χ3v) is 7.13. The zero-order valence-corrected chi connectivity index (χ0v) is 22.6. The van der Waals surface area contributed by atoms with E-state index in [-0.39, 0.29) is 48.2 Å². The van der Waals surface area contributed by atoms with Gasteiger partial charge in [-0.15, -0.1) is 0 Å². The molecule has 0 N–H and O–H groups in total. The standard InChI is InChI=1S/C26H21ClF7N5O3/c1-12-21(13-3-14(25(29,30)31)5-15(4-13)26(32,33)34)42-24(40)39(12)11-20-19(18-6-16(27)7-35-22(18)41-2)8-36-23(37-20)38-9-17(28)10-38/h3-8,12,17,21H,9-11H2,1-2H3. The van der Waals surface area contributed by atoms with Crippen LogP contribution in [0.3, 0.4) is 0 Å². The van der Waals surface area contributed by atoms with E-state index in [9.17, 15) is 35.5 Å². The summed E-state index contributed by atoms with van der Waals surface area (Å²) in [4.78, 5) is 28.6. The Hall–Kier alpha value is -3.88. The number of hydrogen-bond acceptors (Lipinski definition) is 7. The summed E-state index contributed by atoms with van der Waals surface area (Å²) in [5, 5.41) is 0.239. The van der Waals surface area contributed by atoms with Crippen LogP contribution in [0.5, 0.6) is 5.88 Å². The number of carbonyl (C=O) groups is 1. The minimum absolute atomic E-state index is 0.00156. The molecule has 0 saturated carbocycles. The van der Waals surface area contributed by atoms with E-state index in [2.05, 4.69) is 15.0 Å². The SMILES string of the molecule is COc1ncc(Cl)cc1-c1cnc(N2CC(F)C2)nc1CN1C(=O)OC(c2cc(C(F)(F)F)cc(C(F)(F)F)c2)C1C. The van der Waals surface area contributed by atoms with Crippen molar-refractivity contribution in [3.8, 4) is 17.0 Å². The number of halogens is 8. The molecule has 3 aromatic rings. The molecule has 42 heavy (non-hydrogen) atoms. The Morgan fingerprint density at radius 2 is 1.64 bits per heavy atom. The minimum atomic E-state index is -5.08. The molecule has 2 aliphatic rings. The number of nitrogens with zero attached hydrogens (tertiary/aromatic N) is 5. The second-order valence-corrected chi connectivity index (χ2v) is 10.2. The lowest BCUT2D eigenvalue weighted by atomic mass is 9.97. The first-order valence-corrected chi connectivity index (χ1v) is 12.7. The second kappa shape index (κ2) is 10.7. The number of hydrogen-bond donors (Lipinski definition) is 0. The van der Waals surface area contributed by atoms with E-state index in [0.29, 0.717) is 23.3 Å². The highest BCUT2D eigenvalue weighted by molar-refractivity contribution is 6.30. The Morgan fingerprint density at radius 1 is 1.00 bits per heavy atom. The van der Waals surface area contributed by atoms with Gasteiger partial charge in [-0.05, 0) is 36.8 Å². The number of aromatic nitrogens is 3. The number of carbonyl (C=O) groups excluding carboxylic acids is 1. The fourth-order valence-electron chi connectivity index (χ4n) is 4.74. The highest BCUT2D eigenvalue weighted by Crippen LogP contribution is 2.42. The maximum Gasteiger partial charge on any atom is 0.416 e. The summed E-state index contributed by atoms with van der Waals surface area (Å²) >= 11 is 6.15. The van der Waals surface area contributed by atoms with Gasteiger partial charge >= 0.3 is 18.4 Å². The van der Waals surface area contributed by atoms with Gasteiger partial charge in [-0.3, -0.25) is 4.90 Å². The van der Waals surface area contributed by atoms with Crippen LogP contribution in [0.15, 0.2) is 36.7 Å². The average molecular weight is 620 g/mol. The maximum absolute atomic E-state index is 13.5. The van der Waals surface area contributed by atoms with Gasteiger partial charge in [0.25, 0.3) is 0 Å². The third-order valence-electron chi connectivity index (χ3n) is 6.93. The second-order valence-electron chi connectivity index (χ2n) is 9.76. The molecule has 224 valence electrons. The van der Waals surface area contributed by atoms with Gasteiger partial charge in [0.05, 0.1) is 54.6 Å². The van der Waals surface area contributed by atoms with E-state index >= 15 is 0 Å². The fraction of sp³-hybridized carbons (Fsp3) is 0.385. The largest absolute Gasteiger partial charge is 0.481 e. The number of alkyl halides is 7. The number of cyclic esters (lactones) is 1. The molecule has 2 fully saturated rings. The Bertz CT molecular complexity index is 1480. The molecule has 0 aliphatic carbocycles. The summed E-state index contributed by atoms with van der Waals surface area (Å²) in [6, 6.07) is 1.56. The van der Waals surface area contributed by atoms with Crippen LogP contribution in [0.4, 0.5) is 41.5 Å². The van der Waals surface area contributed by atoms with Crippen molar-refractivity contribution in [1.82, 2.24) is 19.9 Å². The van der Waals surface area contributed by atoms with Gasteiger partial charge in [0.1, 0.15) is 12.3 Å². The molecule has 0 radical (unpaired) electrons. The van der Waals surface area contributed by atoms with Gasteiger partial charge in [0, 0.05) is 23.5 Å². The summed E-state index contributed by atoms with van der Waals surface area (Å²) in [7, 11) is 1.37. The number of benzene rings is 1. The Kier molecular flexibility index (Phi) is 7.58. The van der Waals surface area contributed by atoms with Gasteiger partial charge in [0.2, 0.25) is 11.8 Å². The van der Waals surface area contributed by atoms with Crippen LogP contribution >= 0.6 is 11.6 Å². The summed E-state index contributed by atoms with van der Waals surface area (Å²) in [6.07, 6.45) is -10.9. The number of rotatable bonds is 6.